The number of rotatable bonds is 7. The van der Waals surface area contributed by atoms with E-state index in [4.69, 9.17) is 0 Å². The predicted molar refractivity (Wildman–Crippen MR) is 96.6 cm³/mol. The Morgan fingerprint density at radius 2 is 1.60 bits per heavy atom. The Bertz CT molecular complexity index is 710. The molecule has 0 spiro atoms. The molecule has 0 saturated heterocycles. The third-order valence-electron chi connectivity index (χ3n) is 4.90. The first kappa shape index (κ1) is 19.3. The molecular formula is C21H25F2NO. The number of halogens is 2. The lowest BCUT2D eigenvalue weighted by Crippen LogP contribution is -2.43. The van der Waals surface area contributed by atoms with Crippen LogP contribution < -0.4 is 0 Å². The first-order chi connectivity index (χ1) is 11.8. The van der Waals surface area contributed by atoms with Crippen LogP contribution in [-0.4, -0.2) is 30.8 Å². The van der Waals surface area contributed by atoms with Crippen LogP contribution in [-0.2, 0) is 10.2 Å². The van der Waals surface area contributed by atoms with Crippen LogP contribution in [0.15, 0.2) is 48.5 Å². The van der Waals surface area contributed by atoms with Crippen LogP contribution in [0, 0.1) is 11.6 Å². The second-order valence-electron chi connectivity index (χ2n) is 6.72. The summed E-state index contributed by atoms with van der Waals surface area (Å²) in [5.74, 6) is -1.38. The van der Waals surface area contributed by atoms with E-state index < -0.39 is 17.0 Å². The normalized spacial score (nSPS) is 15.0. The summed E-state index contributed by atoms with van der Waals surface area (Å²) in [5, 5.41) is 0. The molecule has 25 heavy (non-hydrogen) atoms. The standard InChI is InChI=1S/C21H25F2NO/c1-5-20(25)21(14-15(2)24(3)4,16-9-7-6-8-10-16)17-11-18(22)13-19(23)12-17/h6-13,15H,5,14H2,1-4H3/t15-,21+/m0/s1. The highest BCUT2D eigenvalue weighted by atomic mass is 19.1. The molecule has 0 aliphatic carbocycles. The first-order valence-corrected chi connectivity index (χ1v) is 8.53. The number of carbonyl (C=O) groups excluding carboxylic acids is 1. The number of carbonyl (C=O) groups is 1. The molecule has 2 rings (SSSR count). The van der Waals surface area contributed by atoms with Crippen molar-refractivity contribution in [1.82, 2.24) is 4.90 Å². The van der Waals surface area contributed by atoms with Gasteiger partial charge in [-0.1, -0.05) is 37.3 Å². The van der Waals surface area contributed by atoms with Gasteiger partial charge in [0, 0.05) is 18.5 Å². The maximum Gasteiger partial charge on any atom is 0.147 e. The Balaban J connectivity index is 2.76. The fraction of sp³-hybridized carbons (Fsp3) is 0.381. The molecule has 0 saturated carbocycles. The van der Waals surface area contributed by atoms with Crippen LogP contribution in [0.4, 0.5) is 8.78 Å². The van der Waals surface area contributed by atoms with Gasteiger partial charge in [0.1, 0.15) is 17.4 Å². The van der Waals surface area contributed by atoms with Gasteiger partial charge in [0.05, 0.1) is 5.41 Å². The molecule has 0 heterocycles. The highest BCUT2D eigenvalue weighted by Gasteiger charge is 2.42. The maximum absolute atomic E-state index is 14.0. The summed E-state index contributed by atoms with van der Waals surface area (Å²) >= 11 is 0. The van der Waals surface area contributed by atoms with Crippen molar-refractivity contribution in [1.29, 1.82) is 0 Å². The van der Waals surface area contributed by atoms with Gasteiger partial charge in [0.2, 0.25) is 0 Å². The minimum absolute atomic E-state index is 0.0436. The summed E-state index contributed by atoms with van der Waals surface area (Å²) in [6.07, 6.45) is 0.729. The highest BCUT2D eigenvalue weighted by Crippen LogP contribution is 2.40. The Kier molecular flexibility index (Phi) is 6.07. The minimum Gasteiger partial charge on any atom is -0.307 e. The average molecular weight is 345 g/mol. The Labute approximate surface area is 148 Å². The van der Waals surface area contributed by atoms with Crippen LogP contribution in [0.25, 0.3) is 0 Å². The largest absolute Gasteiger partial charge is 0.307 e. The van der Waals surface area contributed by atoms with Crippen LogP contribution in [0.5, 0.6) is 0 Å². The number of ketones is 1. The highest BCUT2D eigenvalue weighted by molar-refractivity contribution is 5.93. The summed E-state index contributed by atoms with van der Waals surface area (Å²) in [5.41, 5.74) is 0.0557. The molecule has 2 nitrogen and oxygen atoms in total. The van der Waals surface area contributed by atoms with Crippen molar-refractivity contribution in [3.8, 4) is 0 Å². The monoisotopic (exact) mass is 345 g/mol. The molecule has 0 fully saturated rings. The smallest absolute Gasteiger partial charge is 0.147 e. The number of nitrogens with zero attached hydrogens (tertiary/aromatic N) is 1. The first-order valence-electron chi connectivity index (χ1n) is 8.53. The molecular weight excluding hydrogens is 320 g/mol. The summed E-state index contributed by atoms with van der Waals surface area (Å²) in [7, 11) is 3.87. The third-order valence-corrected chi connectivity index (χ3v) is 4.90. The zero-order valence-electron chi connectivity index (χ0n) is 15.2. The number of benzene rings is 2. The summed E-state index contributed by atoms with van der Waals surface area (Å²) < 4.78 is 28.0. The van der Waals surface area contributed by atoms with Gasteiger partial charge in [-0.3, -0.25) is 4.79 Å². The molecule has 2 aromatic carbocycles. The Morgan fingerprint density at radius 3 is 2.08 bits per heavy atom. The molecule has 0 aliphatic rings. The van der Waals surface area contributed by atoms with Gasteiger partial charge < -0.3 is 4.90 Å². The van der Waals surface area contributed by atoms with Gasteiger partial charge >= 0.3 is 0 Å². The molecule has 0 amide bonds. The van der Waals surface area contributed by atoms with E-state index >= 15 is 0 Å². The lowest BCUT2D eigenvalue weighted by atomic mass is 9.66. The lowest BCUT2D eigenvalue weighted by Gasteiger charge is -2.37. The minimum atomic E-state index is -1.08. The van der Waals surface area contributed by atoms with E-state index in [1.807, 2.05) is 56.3 Å². The summed E-state index contributed by atoms with van der Waals surface area (Å²) in [6.45, 7) is 3.80. The summed E-state index contributed by atoms with van der Waals surface area (Å²) in [4.78, 5) is 15.2. The molecule has 4 heteroatoms. The van der Waals surface area contributed by atoms with Crippen molar-refractivity contribution in [3.05, 3.63) is 71.3 Å². The molecule has 0 aromatic heterocycles. The van der Waals surface area contributed by atoms with Crippen molar-refractivity contribution in [3.63, 3.8) is 0 Å². The third kappa shape index (κ3) is 3.96. The van der Waals surface area contributed by atoms with E-state index in [0.717, 1.165) is 11.6 Å². The second kappa shape index (κ2) is 7.87. The number of Topliss-reactive ketones (excluding diaryl/α,β-unsaturated/α-hetero) is 1. The van der Waals surface area contributed by atoms with E-state index in [1.54, 1.807) is 6.92 Å². The van der Waals surface area contributed by atoms with Gasteiger partial charge in [-0.05, 0) is 50.7 Å². The molecule has 0 N–H and O–H groups in total. The number of hydrogen-bond acceptors (Lipinski definition) is 2. The SMILES string of the molecule is CCC(=O)[C@](C[C@H](C)N(C)C)(c1ccccc1)c1cc(F)cc(F)c1. The molecule has 0 unspecified atom stereocenters. The average Bonchev–Trinajstić information content (AvgIpc) is 2.58. The Hall–Kier alpha value is -2.07. The molecule has 2 aromatic rings. The van der Waals surface area contributed by atoms with Crippen LogP contribution in [0.2, 0.25) is 0 Å². The van der Waals surface area contributed by atoms with Crippen molar-refractivity contribution in [2.75, 3.05) is 14.1 Å². The van der Waals surface area contributed by atoms with E-state index in [0.29, 0.717) is 12.0 Å². The van der Waals surface area contributed by atoms with Crippen molar-refractivity contribution >= 4 is 5.78 Å². The molecule has 0 radical (unpaired) electrons. The zero-order chi connectivity index (χ0) is 18.6. The van der Waals surface area contributed by atoms with Gasteiger partial charge in [0.25, 0.3) is 0 Å². The van der Waals surface area contributed by atoms with Gasteiger partial charge in [-0.25, -0.2) is 8.78 Å². The fourth-order valence-corrected chi connectivity index (χ4v) is 3.29. The second-order valence-corrected chi connectivity index (χ2v) is 6.72. The Morgan fingerprint density at radius 1 is 1.04 bits per heavy atom. The van der Waals surface area contributed by atoms with E-state index in [-0.39, 0.29) is 18.2 Å². The van der Waals surface area contributed by atoms with Crippen LogP contribution in [0.1, 0.15) is 37.8 Å². The van der Waals surface area contributed by atoms with Crippen molar-refractivity contribution in [2.24, 2.45) is 0 Å². The maximum atomic E-state index is 14.0. The van der Waals surface area contributed by atoms with E-state index in [1.165, 1.54) is 12.1 Å². The molecule has 2 atom stereocenters. The van der Waals surface area contributed by atoms with Gasteiger partial charge in [-0.2, -0.15) is 0 Å². The lowest BCUT2D eigenvalue weighted by molar-refractivity contribution is -0.123. The van der Waals surface area contributed by atoms with Crippen LogP contribution >= 0.6 is 0 Å². The molecule has 0 bridgehead atoms. The fourth-order valence-electron chi connectivity index (χ4n) is 3.29. The topological polar surface area (TPSA) is 20.3 Å². The molecule has 134 valence electrons. The predicted octanol–water partition coefficient (Wildman–Crippen LogP) is 4.57. The van der Waals surface area contributed by atoms with Gasteiger partial charge in [-0.15, -0.1) is 0 Å². The number of hydrogen-bond donors (Lipinski definition) is 0. The summed E-state index contributed by atoms with van der Waals surface area (Å²) in [6, 6.07) is 12.7. The zero-order valence-corrected chi connectivity index (χ0v) is 15.2. The quantitative estimate of drug-likeness (QED) is 0.733. The van der Waals surface area contributed by atoms with Crippen molar-refractivity contribution in [2.45, 2.75) is 38.1 Å². The van der Waals surface area contributed by atoms with Gasteiger partial charge in [0.15, 0.2) is 0 Å². The molecule has 0 aliphatic heterocycles. The van der Waals surface area contributed by atoms with E-state index in [9.17, 15) is 13.6 Å². The van der Waals surface area contributed by atoms with Crippen LogP contribution in [0.3, 0.4) is 0 Å². The van der Waals surface area contributed by atoms with E-state index in [2.05, 4.69) is 0 Å². The van der Waals surface area contributed by atoms with Crippen molar-refractivity contribution < 1.29 is 13.6 Å².